The van der Waals surface area contributed by atoms with Crippen molar-refractivity contribution in [1.82, 2.24) is 0 Å². The van der Waals surface area contributed by atoms with E-state index in [2.05, 4.69) is 28.9 Å². The van der Waals surface area contributed by atoms with Gasteiger partial charge < -0.3 is 14.4 Å². The van der Waals surface area contributed by atoms with Crippen LogP contribution in [0.5, 0.6) is 11.5 Å². The molecule has 0 saturated heterocycles. The highest BCUT2D eigenvalue weighted by Crippen LogP contribution is 2.35. The summed E-state index contributed by atoms with van der Waals surface area (Å²) < 4.78 is 11.9. The van der Waals surface area contributed by atoms with E-state index in [1.807, 2.05) is 35.2 Å². The minimum absolute atomic E-state index is 0.126. The van der Waals surface area contributed by atoms with Crippen molar-refractivity contribution in [1.29, 1.82) is 0 Å². The highest BCUT2D eigenvalue weighted by atomic mass is 79.9. The fourth-order valence-electron chi connectivity index (χ4n) is 3.51. The zero-order valence-electron chi connectivity index (χ0n) is 14.7. The number of methoxy groups -OCH3 is 2. The molecule has 4 nitrogen and oxygen atoms in total. The molecular weight excluding hydrogens is 382 g/mol. The summed E-state index contributed by atoms with van der Waals surface area (Å²) in [6, 6.07) is 12.0. The van der Waals surface area contributed by atoms with Gasteiger partial charge in [-0.05, 0) is 55.7 Å². The van der Waals surface area contributed by atoms with Crippen molar-refractivity contribution in [3.05, 3.63) is 52.0 Å². The third-order valence-electron chi connectivity index (χ3n) is 4.64. The fraction of sp³-hybridized carbons (Fsp3) is 0.350. The highest BCUT2D eigenvalue weighted by molar-refractivity contribution is 9.10. The van der Waals surface area contributed by atoms with Gasteiger partial charge in [-0.1, -0.05) is 22.0 Å². The molecule has 0 saturated carbocycles. The van der Waals surface area contributed by atoms with E-state index in [1.54, 1.807) is 14.2 Å². The Balaban J connectivity index is 1.79. The van der Waals surface area contributed by atoms with Crippen LogP contribution in [0.15, 0.2) is 40.9 Å². The summed E-state index contributed by atoms with van der Waals surface area (Å²) >= 11 is 3.50. The van der Waals surface area contributed by atoms with Gasteiger partial charge in [0.15, 0.2) is 0 Å². The molecule has 0 fully saturated rings. The van der Waals surface area contributed by atoms with Gasteiger partial charge in [0.25, 0.3) is 0 Å². The number of hydrogen-bond donors (Lipinski definition) is 0. The van der Waals surface area contributed by atoms with Crippen molar-refractivity contribution in [2.45, 2.75) is 32.2 Å². The molecule has 1 unspecified atom stereocenters. The number of carbonyl (C=O) groups excluding carboxylic acids is 1. The third-order valence-corrected chi connectivity index (χ3v) is 5.14. The second-order valence-corrected chi connectivity index (χ2v) is 7.15. The summed E-state index contributed by atoms with van der Waals surface area (Å²) in [6.07, 6.45) is 1.89. The van der Waals surface area contributed by atoms with Crippen LogP contribution < -0.4 is 14.4 Å². The molecule has 1 aliphatic rings. The van der Waals surface area contributed by atoms with Gasteiger partial charge in [0.1, 0.15) is 11.5 Å². The molecule has 0 aromatic heterocycles. The van der Waals surface area contributed by atoms with Gasteiger partial charge in [-0.15, -0.1) is 0 Å². The molecule has 5 heteroatoms. The van der Waals surface area contributed by atoms with Crippen LogP contribution in [0, 0.1) is 0 Å². The molecule has 132 valence electrons. The Kier molecular flexibility index (Phi) is 5.33. The van der Waals surface area contributed by atoms with Crippen molar-refractivity contribution < 1.29 is 14.3 Å². The lowest BCUT2D eigenvalue weighted by Crippen LogP contribution is -2.35. The average molecular weight is 404 g/mol. The topological polar surface area (TPSA) is 38.8 Å². The molecule has 0 radical (unpaired) electrons. The number of nitrogens with zero attached hydrogens (tertiary/aromatic N) is 1. The van der Waals surface area contributed by atoms with Crippen molar-refractivity contribution >= 4 is 27.5 Å². The van der Waals surface area contributed by atoms with E-state index in [1.165, 1.54) is 5.56 Å². The number of amides is 1. The number of halogens is 1. The van der Waals surface area contributed by atoms with Crippen LogP contribution in [0.1, 0.15) is 24.5 Å². The first-order valence-electron chi connectivity index (χ1n) is 8.35. The van der Waals surface area contributed by atoms with Crippen LogP contribution in [-0.4, -0.2) is 26.2 Å². The van der Waals surface area contributed by atoms with E-state index in [0.717, 1.165) is 33.6 Å². The van der Waals surface area contributed by atoms with E-state index in [-0.39, 0.29) is 11.9 Å². The maximum atomic E-state index is 12.9. The Labute approximate surface area is 156 Å². The van der Waals surface area contributed by atoms with Crippen molar-refractivity contribution in [3.8, 4) is 11.5 Å². The second-order valence-electron chi connectivity index (χ2n) is 6.23. The fourth-order valence-corrected chi connectivity index (χ4v) is 3.92. The zero-order valence-corrected chi connectivity index (χ0v) is 16.3. The second kappa shape index (κ2) is 7.48. The van der Waals surface area contributed by atoms with E-state index in [0.29, 0.717) is 12.8 Å². The molecule has 3 rings (SSSR count). The number of rotatable bonds is 5. The number of benzene rings is 2. The number of fused-ring (bicyclic) bond motifs is 1. The summed E-state index contributed by atoms with van der Waals surface area (Å²) in [6.45, 7) is 2.09. The molecule has 0 bridgehead atoms. The van der Waals surface area contributed by atoms with E-state index < -0.39 is 0 Å². The maximum absolute atomic E-state index is 12.9. The molecule has 2 aromatic rings. The van der Waals surface area contributed by atoms with E-state index in [9.17, 15) is 4.79 Å². The summed E-state index contributed by atoms with van der Waals surface area (Å²) in [5.41, 5.74) is 3.17. The number of ether oxygens (including phenoxy) is 2. The highest BCUT2D eigenvalue weighted by Gasteiger charge is 2.30. The third kappa shape index (κ3) is 3.52. The molecule has 0 spiro atoms. The normalized spacial score (nSPS) is 15.8. The monoisotopic (exact) mass is 403 g/mol. The summed E-state index contributed by atoms with van der Waals surface area (Å²) in [4.78, 5) is 14.8. The lowest BCUT2D eigenvalue weighted by molar-refractivity contribution is -0.118. The van der Waals surface area contributed by atoms with Crippen LogP contribution >= 0.6 is 15.9 Å². The van der Waals surface area contributed by atoms with Gasteiger partial charge in [-0.25, -0.2) is 0 Å². The van der Waals surface area contributed by atoms with Crippen LogP contribution in [0.4, 0.5) is 5.69 Å². The summed E-state index contributed by atoms with van der Waals surface area (Å²) in [5, 5.41) is 0. The Bertz CT molecular complexity index is 768. The molecule has 0 aliphatic carbocycles. The first-order chi connectivity index (χ1) is 12.0. The van der Waals surface area contributed by atoms with Crippen LogP contribution in [0.25, 0.3) is 0 Å². The predicted molar refractivity (Wildman–Crippen MR) is 103 cm³/mol. The molecule has 1 atom stereocenters. The average Bonchev–Trinajstić information content (AvgIpc) is 2.94. The lowest BCUT2D eigenvalue weighted by atomic mass is 10.1. The van der Waals surface area contributed by atoms with E-state index >= 15 is 0 Å². The molecule has 1 aliphatic heterocycles. The van der Waals surface area contributed by atoms with Crippen molar-refractivity contribution in [2.24, 2.45) is 0 Å². The maximum Gasteiger partial charge on any atom is 0.227 e. The van der Waals surface area contributed by atoms with Crippen molar-refractivity contribution in [2.75, 3.05) is 19.1 Å². The minimum Gasteiger partial charge on any atom is -0.496 e. The minimum atomic E-state index is 0.126. The largest absolute Gasteiger partial charge is 0.496 e. The predicted octanol–water partition coefficient (Wildman–Crippen LogP) is 4.38. The van der Waals surface area contributed by atoms with Crippen LogP contribution in [0.2, 0.25) is 0 Å². The van der Waals surface area contributed by atoms with Crippen LogP contribution in [-0.2, 0) is 17.6 Å². The Morgan fingerprint density at radius 1 is 1.20 bits per heavy atom. The van der Waals surface area contributed by atoms with Crippen molar-refractivity contribution in [3.63, 3.8) is 0 Å². The summed E-state index contributed by atoms with van der Waals surface area (Å²) in [7, 11) is 3.27. The Hall–Kier alpha value is -2.01. The Morgan fingerprint density at radius 2 is 1.88 bits per heavy atom. The van der Waals surface area contributed by atoms with Gasteiger partial charge in [0, 0.05) is 28.2 Å². The number of carbonyl (C=O) groups is 1. The van der Waals surface area contributed by atoms with Gasteiger partial charge in [0.05, 0.1) is 14.2 Å². The number of hydrogen-bond acceptors (Lipinski definition) is 3. The van der Waals surface area contributed by atoms with E-state index in [4.69, 9.17) is 9.47 Å². The lowest BCUT2D eigenvalue weighted by Gasteiger charge is -2.23. The molecule has 25 heavy (non-hydrogen) atoms. The molecule has 2 aromatic carbocycles. The molecular formula is C20H22BrNO3. The number of anilines is 1. The van der Waals surface area contributed by atoms with Gasteiger partial charge in [0.2, 0.25) is 5.91 Å². The smallest absolute Gasteiger partial charge is 0.227 e. The van der Waals surface area contributed by atoms with Gasteiger partial charge >= 0.3 is 0 Å². The van der Waals surface area contributed by atoms with Gasteiger partial charge in [-0.3, -0.25) is 4.79 Å². The van der Waals surface area contributed by atoms with Gasteiger partial charge in [-0.2, -0.15) is 0 Å². The van der Waals surface area contributed by atoms with Crippen LogP contribution in [0.3, 0.4) is 0 Å². The quantitative estimate of drug-likeness (QED) is 0.743. The molecule has 1 heterocycles. The standard InChI is InChI=1S/C20H22BrNO3/c1-13-11-14-12-15(21)7-9-17(14)22(13)20(23)10-8-16-18(24-2)5-4-6-19(16)25-3/h4-7,9,12-13H,8,10-11H2,1-3H3. The Morgan fingerprint density at radius 3 is 2.52 bits per heavy atom. The molecule has 0 N–H and O–H groups in total. The first kappa shape index (κ1) is 17.8. The summed E-state index contributed by atoms with van der Waals surface area (Å²) in [5.74, 6) is 1.64. The SMILES string of the molecule is COc1cccc(OC)c1CCC(=O)N1c2ccc(Br)cc2CC1C. The first-order valence-corrected chi connectivity index (χ1v) is 9.14. The molecule has 1 amide bonds. The zero-order chi connectivity index (χ0) is 18.0.